The molecule has 0 aromatic rings. The molecule has 0 spiro atoms. The lowest BCUT2D eigenvalue weighted by atomic mass is 9.93. The lowest BCUT2D eigenvalue weighted by Crippen LogP contribution is -2.48. The van der Waals surface area contributed by atoms with Crippen LogP contribution >= 0.6 is 11.6 Å². The van der Waals surface area contributed by atoms with E-state index in [1.165, 1.54) is 25.7 Å². The van der Waals surface area contributed by atoms with E-state index in [1.807, 2.05) is 0 Å². The second-order valence-electron chi connectivity index (χ2n) is 4.02. The van der Waals surface area contributed by atoms with E-state index in [0.29, 0.717) is 11.4 Å². The zero-order chi connectivity index (χ0) is 9.10. The van der Waals surface area contributed by atoms with Gasteiger partial charge in [0.15, 0.2) is 0 Å². The Labute approximate surface area is 85.2 Å². The summed E-state index contributed by atoms with van der Waals surface area (Å²) >= 11 is 6.33. The average molecular weight is 204 g/mol. The fourth-order valence-corrected chi connectivity index (χ4v) is 2.83. The molecule has 2 unspecified atom stereocenters. The van der Waals surface area contributed by atoms with Crippen LogP contribution in [0.25, 0.3) is 0 Å². The van der Waals surface area contributed by atoms with Crippen LogP contribution in [0.15, 0.2) is 0 Å². The van der Waals surface area contributed by atoms with Crippen LogP contribution < -0.4 is 0 Å². The molecule has 2 aliphatic rings. The molecule has 2 rings (SSSR count). The van der Waals surface area contributed by atoms with Crippen molar-refractivity contribution in [1.82, 2.24) is 4.90 Å². The van der Waals surface area contributed by atoms with Crippen molar-refractivity contribution >= 4 is 11.6 Å². The zero-order valence-corrected chi connectivity index (χ0v) is 8.80. The van der Waals surface area contributed by atoms with Crippen molar-refractivity contribution in [2.24, 2.45) is 0 Å². The first-order valence-corrected chi connectivity index (χ1v) is 5.77. The van der Waals surface area contributed by atoms with Crippen molar-refractivity contribution in [2.45, 2.75) is 37.1 Å². The minimum absolute atomic E-state index is 0.381. The lowest BCUT2D eigenvalue weighted by Gasteiger charge is -2.39. The molecule has 1 saturated heterocycles. The molecule has 13 heavy (non-hydrogen) atoms. The second-order valence-corrected chi connectivity index (χ2v) is 4.58. The van der Waals surface area contributed by atoms with Gasteiger partial charge in [-0.05, 0) is 12.8 Å². The molecule has 1 saturated carbocycles. The van der Waals surface area contributed by atoms with Gasteiger partial charge in [0.25, 0.3) is 0 Å². The number of hydrogen-bond donors (Lipinski definition) is 0. The van der Waals surface area contributed by atoms with Crippen LogP contribution in [-0.4, -0.2) is 42.6 Å². The molecule has 3 heteroatoms. The zero-order valence-electron chi connectivity index (χ0n) is 8.04. The van der Waals surface area contributed by atoms with Crippen molar-refractivity contribution in [2.75, 3.05) is 26.3 Å². The minimum atomic E-state index is 0.381. The standard InChI is InChI=1S/C10H18ClNO/c11-9-3-1-2-4-10(9)12-5-7-13-8-6-12/h9-10H,1-8H2. The molecule has 1 aliphatic carbocycles. The van der Waals surface area contributed by atoms with Gasteiger partial charge < -0.3 is 4.74 Å². The van der Waals surface area contributed by atoms with Gasteiger partial charge in [0.05, 0.1) is 13.2 Å². The average Bonchev–Trinajstić information content (AvgIpc) is 2.20. The van der Waals surface area contributed by atoms with Crippen molar-refractivity contribution in [3.8, 4) is 0 Å². The fourth-order valence-electron chi connectivity index (χ4n) is 2.39. The highest BCUT2D eigenvalue weighted by Crippen LogP contribution is 2.27. The monoisotopic (exact) mass is 203 g/mol. The molecule has 0 N–H and O–H groups in total. The van der Waals surface area contributed by atoms with Gasteiger partial charge in [0, 0.05) is 24.5 Å². The number of rotatable bonds is 1. The van der Waals surface area contributed by atoms with E-state index in [-0.39, 0.29) is 0 Å². The van der Waals surface area contributed by atoms with Crippen molar-refractivity contribution in [3.05, 3.63) is 0 Å². The molecule has 0 radical (unpaired) electrons. The number of nitrogens with zero attached hydrogens (tertiary/aromatic N) is 1. The molecular weight excluding hydrogens is 186 g/mol. The molecule has 2 nitrogen and oxygen atoms in total. The first kappa shape index (κ1) is 9.75. The van der Waals surface area contributed by atoms with E-state index in [0.717, 1.165) is 26.3 Å². The molecule has 0 aromatic heterocycles. The second kappa shape index (κ2) is 4.63. The van der Waals surface area contributed by atoms with Gasteiger partial charge in [0.2, 0.25) is 0 Å². The third kappa shape index (κ3) is 2.36. The maximum atomic E-state index is 6.33. The smallest absolute Gasteiger partial charge is 0.0594 e. The van der Waals surface area contributed by atoms with Crippen LogP contribution in [0.2, 0.25) is 0 Å². The maximum Gasteiger partial charge on any atom is 0.0594 e. The van der Waals surface area contributed by atoms with E-state index in [4.69, 9.17) is 16.3 Å². The summed E-state index contributed by atoms with van der Waals surface area (Å²) in [6, 6.07) is 0.624. The first-order chi connectivity index (χ1) is 6.38. The van der Waals surface area contributed by atoms with Gasteiger partial charge in [-0.1, -0.05) is 12.8 Å². The fraction of sp³-hybridized carbons (Fsp3) is 1.00. The quantitative estimate of drug-likeness (QED) is 0.604. The van der Waals surface area contributed by atoms with Gasteiger partial charge in [-0.15, -0.1) is 11.6 Å². The Bertz CT molecular complexity index is 159. The molecule has 1 heterocycles. The van der Waals surface area contributed by atoms with Crippen molar-refractivity contribution < 1.29 is 4.74 Å². The Hall–Kier alpha value is 0.210. The summed E-state index contributed by atoms with van der Waals surface area (Å²) in [6.45, 7) is 3.93. The van der Waals surface area contributed by atoms with E-state index in [1.54, 1.807) is 0 Å². The molecule has 76 valence electrons. The summed E-state index contributed by atoms with van der Waals surface area (Å²) in [5, 5.41) is 0.381. The van der Waals surface area contributed by atoms with Crippen LogP contribution in [0.3, 0.4) is 0 Å². The van der Waals surface area contributed by atoms with Crippen LogP contribution in [0.5, 0.6) is 0 Å². The predicted octanol–water partition coefficient (Wildman–Crippen LogP) is 1.87. The highest BCUT2D eigenvalue weighted by atomic mass is 35.5. The lowest BCUT2D eigenvalue weighted by molar-refractivity contribution is 0.00966. The van der Waals surface area contributed by atoms with Gasteiger partial charge >= 0.3 is 0 Å². The normalized spacial score (nSPS) is 37.6. The van der Waals surface area contributed by atoms with Crippen LogP contribution in [0, 0.1) is 0 Å². The number of morpholine rings is 1. The summed E-state index contributed by atoms with van der Waals surface area (Å²) < 4.78 is 5.34. The van der Waals surface area contributed by atoms with E-state index in [9.17, 15) is 0 Å². The summed E-state index contributed by atoms with van der Waals surface area (Å²) in [7, 11) is 0. The number of ether oxygens (including phenoxy) is 1. The summed E-state index contributed by atoms with van der Waals surface area (Å²) in [5.74, 6) is 0. The number of alkyl halides is 1. The third-order valence-electron chi connectivity index (χ3n) is 3.16. The SMILES string of the molecule is ClC1CCCCC1N1CCOCC1. The summed E-state index contributed by atoms with van der Waals surface area (Å²) in [5.41, 5.74) is 0. The first-order valence-electron chi connectivity index (χ1n) is 5.34. The topological polar surface area (TPSA) is 12.5 Å². The Morgan fingerprint density at radius 3 is 2.46 bits per heavy atom. The predicted molar refractivity (Wildman–Crippen MR) is 54.3 cm³/mol. The summed E-state index contributed by atoms with van der Waals surface area (Å²) in [6.07, 6.45) is 5.15. The van der Waals surface area contributed by atoms with E-state index < -0.39 is 0 Å². The molecular formula is C10H18ClNO. The minimum Gasteiger partial charge on any atom is -0.379 e. The Morgan fingerprint density at radius 2 is 1.77 bits per heavy atom. The van der Waals surface area contributed by atoms with Crippen molar-refractivity contribution in [3.63, 3.8) is 0 Å². The highest BCUT2D eigenvalue weighted by Gasteiger charge is 2.29. The molecule has 2 atom stereocenters. The molecule has 2 fully saturated rings. The number of halogens is 1. The van der Waals surface area contributed by atoms with Crippen molar-refractivity contribution in [1.29, 1.82) is 0 Å². The molecule has 0 bridgehead atoms. The van der Waals surface area contributed by atoms with Crippen LogP contribution in [0.4, 0.5) is 0 Å². The van der Waals surface area contributed by atoms with Crippen LogP contribution in [0.1, 0.15) is 25.7 Å². The Balaban J connectivity index is 1.88. The van der Waals surface area contributed by atoms with Gasteiger partial charge in [0.1, 0.15) is 0 Å². The maximum absolute atomic E-state index is 6.33. The molecule has 0 aromatic carbocycles. The van der Waals surface area contributed by atoms with Gasteiger partial charge in [-0.3, -0.25) is 4.90 Å². The van der Waals surface area contributed by atoms with Gasteiger partial charge in [-0.2, -0.15) is 0 Å². The highest BCUT2D eigenvalue weighted by molar-refractivity contribution is 6.21. The molecule has 1 aliphatic heterocycles. The third-order valence-corrected chi connectivity index (χ3v) is 3.67. The summed E-state index contributed by atoms with van der Waals surface area (Å²) in [4.78, 5) is 2.51. The van der Waals surface area contributed by atoms with E-state index in [2.05, 4.69) is 4.90 Å². The van der Waals surface area contributed by atoms with Crippen LogP contribution in [-0.2, 0) is 4.74 Å². The Morgan fingerprint density at radius 1 is 1.08 bits per heavy atom. The number of hydrogen-bond acceptors (Lipinski definition) is 2. The van der Waals surface area contributed by atoms with Gasteiger partial charge in [-0.25, -0.2) is 0 Å². The molecule has 0 amide bonds. The Kier molecular flexibility index (Phi) is 3.47. The largest absolute Gasteiger partial charge is 0.379 e. The van der Waals surface area contributed by atoms with E-state index >= 15 is 0 Å².